The first-order valence-corrected chi connectivity index (χ1v) is 6.24. The molecule has 0 saturated carbocycles. The number of carbonyl (C=O) groups is 2. The molecule has 21 heavy (non-hydrogen) atoms. The van der Waals surface area contributed by atoms with E-state index >= 15 is 0 Å². The van der Waals surface area contributed by atoms with E-state index < -0.39 is 30.1 Å². The lowest BCUT2D eigenvalue weighted by atomic mass is 10.0. The Kier molecular flexibility index (Phi) is 5.95. The lowest BCUT2D eigenvalue weighted by Gasteiger charge is -2.28. The Morgan fingerprint density at radius 1 is 1.52 bits per heavy atom. The summed E-state index contributed by atoms with van der Waals surface area (Å²) in [7, 11) is 0. The Morgan fingerprint density at radius 2 is 2.19 bits per heavy atom. The Hall–Kier alpha value is -1.83. The van der Waals surface area contributed by atoms with Gasteiger partial charge >= 0.3 is 18.0 Å². The molecule has 8 nitrogen and oxygen atoms in total. The van der Waals surface area contributed by atoms with E-state index in [-0.39, 0.29) is 12.6 Å². The van der Waals surface area contributed by atoms with Crippen LogP contribution in [0.4, 0.5) is 8.78 Å². The summed E-state index contributed by atoms with van der Waals surface area (Å²) < 4.78 is 26.8. The Morgan fingerprint density at radius 3 is 2.67 bits per heavy atom. The van der Waals surface area contributed by atoms with Crippen molar-refractivity contribution in [1.82, 2.24) is 16.1 Å². The van der Waals surface area contributed by atoms with Crippen LogP contribution in [0.15, 0.2) is 0 Å². The molecule has 0 radical (unpaired) electrons. The van der Waals surface area contributed by atoms with Crippen LogP contribution in [-0.4, -0.2) is 47.8 Å². The SMILES string of the molecule is CC(NC(=O)C(F)(F)ON[C@@H]1CC[C@@H](C#N)NC1)C(=O)O. The average Bonchev–Trinajstić information content (AvgIpc) is 2.45. The molecule has 0 aromatic carbocycles. The molecule has 0 aliphatic carbocycles. The zero-order valence-corrected chi connectivity index (χ0v) is 11.2. The van der Waals surface area contributed by atoms with Gasteiger partial charge in [0, 0.05) is 12.6 Å². The fourth-order valence-electron chi connectivity index (χ4n) is 1.61. The van der Waals surface area contributed by atoms with Crippen molar-refractivity contribution >= 4 is 11.9 Å². The number of halogens is 2. The fourth-order valence-corrected chi connectivity index (χ4v) is 1.61. The lowest BCUT2D eigenvalue weighted by Crippen LogP contribution is -2.53. The third-order valence-electron chi connectivity index (χ3n) is 2.91. The number of aliphatic carboxylic acids is 1. The molecule has 118 valence electrons. The molecule has 4 N–H and O–H groups in total. The van der Waals surface area contributed by atoms with E-state index in [1.807, 2.05) is 6.07 Å². The number of amides is 1. The number of piperidine rings is 1. The number of nitrogens with one attached hydrogen (secondary N) is 3. The molecule has 1 amide bonds. The van der Waals surface area contributed by atoms with Gasteiger partial charge in [0.1, 0.15) is 6.04 Å². The van der Waals surface area contributed by atoms with Gasteiger partial charge < -0.3 is 15.7 Å². The summed E-state index contributed by atoms with van der Waals surface area (Å²) in [6, 6.07) is -0.271. The van der Waals surface area contributed by atoms with Crippen LogP contribution < -0.4 is 16.1 Å². The quantitative estimate of drug-likeness (QED) is 0.480. The van der Waals surface area contributed by atoms with Crippen molar-refractivity contribution in [3.05, 3.63) is 0 Å². The maximum atomic E-state index is 13.4. The number of carboxylic acid groups (broad SMARTS) is 1. The van der Waals surface area contributed by atoms with Crippen LogP contribution in [0.25, 0.3) is 0 Å². The second kappa shape index (κ2) is 7.26. The summed E-state index contributed by atoms with van der Waals surface area (Å²) in [6.45, 7) is 1.29. The number of hydrogen-bond donors (Lipinski definition) is 4. The molecule has 1 fully saturated rings. The summed E-state index contributed by atoms with van der Waals surface area (Å²) in [4.78, 5) is 25.7. The fraction of sp³-hybridized carbons (Fsp3) is 0.727. The second-order valence-electron chi connectivity index (χ2n) is 4.63. The minimum absolute atomic E-state index is 0.238. The van der Waals surface area contributed by atoms with Gasteiger partial charge in [0.15, 0.2) is 0 Å². The van der Waals surface area contributed by atoms with Gasteiger partial charge in [-0.05, 0) is 19.8 Å². The predicted octanol–water partition coefficient (Wildman–Crippen LogP) is -0.666. The smallest absolute Gasteiger partial charge is 0.452 e. The van der Waals surface area contributed by atoms with E-state index in [4.69, 9.17) is 10.4 Å². The molecular formula is C11H16F2N4O4. The van der Waals surface area contributed by atoms with Crippen LogP contribution in [0.1, 0.15) is 19.8 Å². The summed E-state index contributed by atoms with van der Waals surface area (Å²) in [5.41, 5.74) is 2.06. The number of alkyl halides is 2. The van der Waals surface area contributed by atoms with E-state index in [1.54, 1.807) is 5.32 Å². The Balaban J connectivity index is 2.40. The monoisotopic (exact) mass is 306 g/mol. The Labute approximate surface area is 119 Å². The van der Waals surface area contributed by atoms with Crippen LogP contribution in [0.2, 0.25) is 0 Å². The van der Waals surface area contributed by atoms with Crippen molar-refractivity contribution in [1.29, 1.82) is 5.26 Å². The number of hydrogen-bond acceptors (Lipinski definition) is 6. The van der Waals surface area contributed by atoms with Gasteiger partial charge in [-0.15, -0.1) is 0 Å². The molecule has 0 spiro atoms. The molecule has 1 rings (SSSR count). The predicted molar refractivity (Wildman–Crippen MR) is 64.8 cm³/mol. The third kappa shape index (κ3) is 5.22. The van der Waals surface area contributed by atoms with Crippen LogP contribution >= 0.6 is 0 Å². The molecule has 0 bridgehead atoms. The van der Waals surface area contributed by atoms with Gasteiger partial charge in [0.25, 0.3) is 0 Å². The topological polar surface area (TPSA) is 123 Å². The zero-order valence-electron chi connectivity index (χ0n) is 11.2. The molecule has 10 heteroatoms. The summed E-state index contributed by atoms with van der Waals surface area (Å²) in [5.74, 6) is -3.28. The van der Waals surface area contributed by atoms with Crippen LogP contribution in [0, 0.1) is 11.3 Å². The standard InChI is InChI=1S/C11H16F2N4O4/c1-6(9(18)19)16-10(20)11(12,13)21-17-8-3-2-7(4-14)15-5-8/h6-8,15,17H,2-3,5H2,1H3,(H,16,20)(H,18,19)/t6?,7-,8+/m0/s1. The van der Waals surface area contributed by atoms with Crippen molar-refractivity contribution in [2.24, 2.45) is 0 Å². The highest BCUT2D eigenvalue weighted by molar-refractivity contribution is 5.86. The van der Waals surface area contributed by atoms with Crippen molar-refractivity contribution < 1.29 is 28.3 Å². The molecule has 1 heterocycles. The maximum absolute atomic E-state index is 13.4. The molecule has 3 atom stereocenters. The first kappa shape index (κ1) is 17.2. The minimum atomic E-state index is -4.20. The van der Waals surface area contributed by atoms with Gasteiger partial charge in [-0.25, -0.2) is 4.84 Å². The summed E-state index contributed by atoms with van der Waals surface area (Å²) in [6.07, 6.45) is -3.31. The largest absolute Gasteiger partial charge is 0.480 e. The van der Waals surface area contributed by atoms with Crippen molar-refractivity contribution in [2.45, 2.75) is 44.0 Å². The molecule has 0 aromatic heterocycles. The van der Waals surface area contributed by atoms with E-state index in [1.165, 1.54) is 0 Å². The third-order valence-corrected chi connectivity index (χ3v) is 2.91. The van der Waals surface area contributed by atoms with Crippen molar-refractivity contribution in [3.63, 3.8) is 0 Å². The van der Waals surface area contributed by atoms with Crippen molar-refractivity contribution in [3.8, 4) is 6.07 Å². The normalized spacial score (nSPS) is 23.9. The molecular weight excluding hydrogens is 290 g/mol. The van der Waals surface area contributed by atoms with Gasteiger partial charge in [-0.3, -0.25) is 9.59 Å². The highest BCUT2D eigenvalue weighted by Gasteiger charge is 2.43. The number of hydroxylamine groups is 1. The lowest BCUT2D eigenvalue weighted by molar-refractivity contribution is -0.263. The van der Waals surface area contributed by atoms with Gasteiger partial charge in [0.2, 0.25) is 0 Å². The second-order valence-corrected chi connectivity index (χ2v) is 4.63. The molecule has 0 aromatic rings. The number of rotatable bonds is 6. The molecule has 1 aliphatic rings. The highest BCUT2D eigenvalue weighted by Crippen LogP contribution is 2.16. The first-order valence-electron chi connectivity index (χ1n) is 6.24. The van der Waals surface area contributed by atoms with E-state index in [2.05, 4.69) is 15.6 Å². The summed E-state index contributed by atoms with van der Waals surface area (Å²) in [5, 5.41) is 21.6. The van der Waals surface area contributed by atoms with E-state index in [9.17, 15) is 18.4 Å². The van der Waals surface area contributed by atoms with Gasteiger partial charge in [-0.1, -0.05) is 0 Å². The van der Waals surface area contributed by atoms with Gasteiger partial charge in [-0.2, -0.15) is 19.5 Å². The molecule has 1 unspecified atom stereocenters. The highest BCUT2D eigenvalue weighted by atomic mass is 19.3. The Bertz CT molecular complexity index is 432. The summed E-state index contributed by atoms with van der Waals surface area (Å²) >= 11 is 0. The van der Waals surface area contributed by atoms with E-state index in [0.29, 0.717) is 12.8 Å². The number of nitriles is 1. The number of carbonyl (C=O) groups excluding carboxylic acids is 1. The van der Waals surface area contributed by atoms with E-state index in [0.717, 1.165) is 6.92 Å². The minimum Gasteiger partial charge on any atom is -0.480 e. The average molecular weight is 306 g/mol. The van der Waals surface area contributed by atoms with Crippen molar-refractivity contribution in [2.75, 3.05) is 6.54 Å². The first-order chi connectivity index (χ1) is 9.76. The van der Waals surface area contributed by atoms with Crippen LogP contribution in [0.3, 0.4) is 0 Å². The maximum Gasteiger partial charge on any atom is 0.452 e. The number of nitrogens with zero attached hydrogens (tertiary/aromatic N) is 1. The zero-order chi connectivity index (χ0) is 16.0. The molecule has 1 saturated heterocycles. The van der Waals surface area contributed by atoms with Crippen LogP contribution in [0.5, 0.6) is 0 Å². The van der Waals surface area contributed by atoms with Gasteiger partial charge in [0.05, 0.1) is 12.1 Å². The van der Waals surface area contributed by atoms with Crippen LogP contribution in [-0.2, 0) is 14.4 Å². The number of carboxylic acids is 1. The molecule has 1 aliphatic heterocycles.